The van der Waals surface area contributed by atoms with E-state index < -0.39 is 5.60 Å². The third kappa shape index (κ3) is 3.19. The van der Waals surface area contributed by atoms with E-state index in [2.05, 4.69) is 10.3 Å². The van der Waals surface area contributed by atoms with E-state index in [-0.39, 0.29) is 17.4 Å². The van der Waals surface area contributed by atoms with Crippen molar-refractivity contribution in [1.29, 1.82) is 0 Å². The Kier molecular flexibility index (Phi) is 4.66. The second kappa shape index (κ2) is 6.44. The van der Waals surface area contributed by atoms with Gasteiger partial charge in [0, 0.05) is 26.3 Å². The Morgan fingerprint density at radius 2 is 2.17 bits per heavy atom. The minimum absolute atomic E-state index is 0.161. The standard InChI is InChI=1S/C17H28N4O3/c1-13(2)21-11-14(18-19-21)17(23)5-4-9-20(12-17)15(22)16(6-7-16)8-10-24-3/h11,13,23H,4-10,12H2,1-3H3. The molecule has 3 rings (SSSR count). The van der Waals surface area contributed by atoms with E-state index in [4.69, 9.17) is 4.74 Å². The fourth-order valence-corrected chi connectivity index (χ4v) is 3.52. The lowest BCUT2D eigenvalue weighted by Gasteiger charge is -2.39. The fraction of sp³-hybridized carbons (Fsp3) is 0.824. The van der Waals surface area contributed by atoms with Crippen molar-refractivity contribution in [3.63, 3.8) is 0 Å². The molecule has 0 radical (unpaired) electrons. The molecule has 1 aromatic heterocycles. The topological polar surface area (TPSA) is 80.5 Å². The van der Waals surface area contributed by atoms with Crippen molar-refractivity contribution in [2.24, 2.45) is 5.41 Å². The highest BCUT2D eigenvalue weighted by Gasteiger charge is 2.52. The predicted octanol–water partition coefficient (Wildman–Crippen LogP) is 1.49. The monoisotopic (exact) mass is 336 g/mol. The number of nitrogens with zero attached hydrogens (tertiary/aromatic N) is 4. The van der Waals surface area contributed by atoms with Crippen molar-refractivity contribution in [2.45, 2.75) is 57.6 Å². The summed E-state index contributed by atoms with van der Waals surface area (Å²) in [5, 5.41) is 19.3. The van der Waals surface area contributed by atoms with Gasteiger partial charge in [-0.1, -0.05) is 5.21 Å². The Morgan fingerprint density at radius 3 is 2.75 bits per heavy atom. The van der Waals surface area contributed by atoms with Gasteiger partial charge in [0.2, 0.25) is 5.91 Å². The molecule has 1 aliphatic heterocycles. The lowest BCUT2D eigenvalue weighted by atomic mass is 9.88. The molecule has 1 aromatic rings. The minimum atomic E-state index is -1.10. The smallest absolute Gasteiger partial charge is 0.228 e. The largest absolute Gasteiger partial charge is 0.385 e. The number of carbonyl (C=O) groups excluding carboxylic acids is 1. The molecule has 2 heterocycles. The van der Waals surface area contributed by atoms with Crippen LogP contribution in [0.3, 0.4) is 0 Å². The maximum Gasteiger partial charge on any atom is 0.228 e. The number of carbonyl (C=O) groups is 1. The van der Waals surface area contributed by atoms with Gasteiger partial charge >= 0.3 is 0 Å². The number of ether oxygens (including phenoxy) is 1. The average molecular weight is 336 g/mol. The summed E-state index contributed by atoms with van der Waals surface area (Å²) in [6.45, 7) is 5.65. The zero-order chi connectivity index (χ0) is 17.4. The van der Waals surface area contributed by atoms with Crippen LogP contribution < -0.4 is 0 Å². The lowest BCUT2D eigenvalue weighted by molar-refractivity contribution is -0.145. The van der Waals surface area contributed by atoms with Gasteiger partial charge in [-0.15, -0.1) is 5.10 Å². The summed E-state index contributed by atoms with van der Waals surface area (Å²) in [5.41, 5.74) is -0.794. The molecule has 24 heavy (non-hydrogen) atoms. The molecule has 2 fully saturated rings. The average Bonchev–Trinajstić information content (AvgIpc) is 3.16. The van der Waals surface area contributed by atoms with Gasteiger partial charge in [-0.05, 0) is 46.0 Å². The molecule has 1 saturated carbocycles. The van der Waals surface area contributed by atoms with Crippen LogP contribution in [-0.4, -0.2) is 57.7 Å². The normalized spacial score (nSPS) is 26.0. The first-order valence-electron chi connectivity index (χ1n) is 8.83. The van der Waals surface area contributed by atoms with Gasteiger partial charge in [0.25, 0.3) is 0 Å². The number of rotatable bonds is 6. The minimum Gasteiger partial charge on any atom is -0.385 e. The molecule has 1 unspecified atom stereocenters. The van der Waals surface area contributed by atoms with E-state index in [0.29, 0.717) is 31.8 Å². The van der Waals surface area contributed by atoms with Gasteiger partial charge in [-0.2, -0.15) is 0 Å². The molecule has 1 atom stereocenters. The van der Waals surface area contributed by atoms with E-state index in [1.807, 2.05) is 18.7 Å². The predicted molar refractivity (Wildman–Crippen MR) is 88.3 cm³/mol. The van der Waals surface area contributed by atoms with Crippen molar-refractivity contribution >= 4 is 5.91 Å². The number of hydrogen-bond donors (Lipinski definition) is 1. The quantitative estimate of drug-likeness (QED) is 0.851. The number of methoxy groups -OCH3 is 1. The van der Waals surface area contributed by atoms with Crippen LogP contribution in [0.5, 0.6) is 0 Å². The lowest BCUT2D eigenvalue weighted by Crippen LogP contribution is -2.51. The Labute approximate surface area is 143 Å². The fourth-order valence-electron chi connectivity index (χ4n) is 3.52. The molecule has 0 spiro atoms. The van der Waals surface area contributed by atoms with Crippen LogP contribution in [0, 0.1) is 5.41 Å². The van der Waals surface area contributed by atoms with Crippen LogP contribution in [0.15, 0.2) is 6.20 Å². The molecular formula is C17H28N4O3. The number of piperidine rings is 1. The Balaban J connectivity index is 1.72. The van der Waals surface area contributed by atoms with Crippen molar-refractivity contribution in [1.82, 2.24) is 19.9 Å². The summed E-state index contributed by atoms with van der Waals surface area (Å²) in [7, 11) is 1.66. The maximum absolute atomic E-state index is 12.9. The molecule has 0 bridgehead atoms. The van der Waals surface area contributed by atoms with Gasteiger partial charge in [0.15, 0.2) is 0 Å². The van der Waals surface area contributed by atoms with Crippen LogP contribution >= 0.6 is 0 Å². The molecule has 7 heteroatoms. The number of hydrogen-bond acceptors (Lipinski definition) is 5. The number of amides is 1. The van der Waals surface area contributed by atoms with Crippen molar-refractivity contribution in [3.8, 4) is 0 Å². The molecule has 1 amide bonds. The first kappa shape index (κ1) is 17.4. The van der Waals surface area contributed by atoms with Crippen LogP contribution in [0.25, 0.3) is 0 Å². The summed E-state index contributed by atoms with van der Waals surface area (Å²) < 4.78 is 6.89. The first-order valence-corrected chi connectivity index (χ1v) is 8.83. The first-order chi connectivity index (χ1) is 11.4. The summed E-state index contributed by atoms with van der Waals surface area (Å²) in [6, 6.07) is 0.194. The summed E-state index contributed by atoms with van der Waals surface area (Å²) >= 11 is 0. The third-order valence-corrected chi connectivity index (χ3v) is 5.37. The van der Waals surface area contributed by atoms with Gasteiger partial charge in [-0.25, -0.2) is 4.68 Å². The van der Waals surface area contributed by atoms with Gasteiger partial charge in [0.1, 0.15) is 11.3 Å². The number of aliphatic hydroxyl groups is 1. The second-order valence-electron chi connectivity index (χ2n) is 7.56. The third-order valence-electron chi connectivity index (χ3n) is 5.37. The molecule has 1 N–H and O–H groups in total. The Morgan fingerprint density at radius 1 is 1.42 bits per heavy atom. The van der Waals surface area contributed by atoms with E-state index in [0.717, 1.165) is 25.7 Å². The van der Waals surface area contributed by atoms with Crippen LogP contribution in [-0.2, 0) is 15.1 Å². The van der Waals surface area contributed by atoms with Crippen molar-refractivity contribution in [2.75, 3.05) is 26.8 Å². The van der Waals surface area contributed by atoms with Crippen molar-refractivity contribution < 1.29 is 14.6 Å². The second-order valence-corrected chi connectivity index (χ2v) is 7.56. The zero-order valence-corrected chi connectivity index (χ0v) is 14.9. The van der Waals surface area contributed by atoms with Gasteiger partial charge in [0.05, 0.1) is 18.2 Å². The highest BCUT2D eigenvalue weighted by molar-refractivity contribution is 5.85. The van der Waals surface area contributed by atoms with E-state index >= 15 is 0 Å². The molecular weight excluding hydrogens is 308 g/mol. The number of β-amino-alcohol motifs (C(OH)–C–C–N with tert-alkyl or cyclic N) is 1. The van der Waals surface area contributed by atoms with E-state index in [1.165, 1.54) is 0 Å². The molecule has 7 nitrogen and oxygen atoms in total. The summed E-state index contributed by atoms with van der Waals surface area (Å²) in [6.07, 6.45) is 5.80. The summed E-state index contributed by atoms with van der Waals surface area (Å²) in [4.78, 5) is 14.8. The molecule has 1 aliphatic carbocycles. The van der Waals surface area contributed by atoms with Crippen LogP contribution in [0.1, 0.15) is 57.7 Å². The SMILES string of the molecule is COCCC1(C(=O)N2CCCC(O)(c3cn(C(C)C)nn3)C2)CC1. The highest BCUT2D eigenvalue weighted by atomic mass is 16.5. The molecule has 0 aromatic carbocycles. The number of likely N-dealkylation sites (tertiary alicyclic amines) is 1. The van der Waals surface area contributed by atoms with Gasteiger partial charge < -0.3 is 14.7 Å². The number of aromatic nitrogens is 3. The van der Waals surface area contributed by atoms with E-state index in [9.17, 15) is 9.90 Å². The van der Waals surface area contributed by atoms with Crippen LogP contribution in [0.2, 0.25) is 0 Å². The van der Waals surface area contributed by atoms with E-state index in [1.54, 1.807) is 18.0 Å². The zero-order valence-electron chi connectivity index (χ0n) is 14.9. The Bertz CT molecular complexity index is 596. The maximum atomic E-state index is 12.9. The Hall–Kier alpha value is -1.47. The van der Waals surface area contributed by atoms with Crippen LogP contribution in [0.4, 0.5) is 0 Å². The molecule has 1 saturated heterocycles. The molecule has 2 aliphatic rings. The van der Waals surface area contributed by atoms with Gasteiger partial charge in [-0.3, -0.25) is 4.79 Å². The highest BCUT2D eigenvalue weighted by Crippen LogP contribution is 2.51. The summed E-state index contributed by atoms with van der Waals surface area (Å²) in [5.74, 6) is 0.161. The molecule has 134 valence electrons. The van der Waals surface area contributed by atoms with Crippen molar-refractivity contribution in [3.05, 3.63) is 11.9 Å².